The van der Waals surface area contributed by atoms with Gasteiger partial charge >= 0.3 is 16.4 Å². The maximum Gasteiger partial charge on any atom is 0.448 e. The minimum atomic E-state index is -4.68. The van der Waals surface area contributed by atoms with Gasteiger partial charge in [0.15, 0.2) is 0 Å². The van der Waals surface area contributed by atoms with E-state index in [1.165, 1.54) is 0 Å². The maximum absolute atomic E-state index is 10.9. The first-order chi connectivity index (χ1) is 6.97. The molecule has 1 aromatic carbocycles. The third kappa shape index (κ3) is 5.14. The molecule has 0 unspecified atom stereocenters. The maximum atomic E-state index is 10.9. The molecule has 0 atom stereocenters. The second kappa shape index (κ2) is 4.90. The van der Waals surface area contributed by atoms with Crippen molar-refractivity contribution in [2.45, 2.75) is 12.8 Å². The van der Waals surface area contributed by atoms with Gasteiger partial charge in [0.2, 0.25) is 0 Å². The van der Waals surface area contributed by atoms with E-state index in [-0.39, 0.29) is 6.42 Å². The molecular formula is C9H10O5S. The van der Waals surface area contributed by atoms with Gasteiger partial charge in [-0.3, -0.25) is 9.35 Å². The topological polar surface area (TPSA) is 80.7 Å². The van der Waals surface area contributed by atoms with Crippen molar-refractivity contribution in [1.29, 1.82) is 0 Å². The predicted octanol–water partition coefficient (Wildman–Crippen LogP) is 0.965. The highest BCUT2D eigenvalue weighted by Gasteiger charge is 2.12. The van der Waals surface area contributed by atoms with E-state index in [9.17, 15) is 13.2 Å². The molecule has 5 nitrogen and oxygen atoms in total. The Morgan fingerprint density at radius 2 is 1.87 bits per heavy atom. The Hall–Kier alpha value is -1.40. The Morgan fingerprint density at radius 3 is 2.40 bits per heavy atom. The molecule has 0 radical (unpaired) electrons. The molecule has 6 heteroatoms. The van der Waals surface area contributed by atoms with Gasteiger partial charge in [0.1, 0.15) is 0 Å². The molecule has 0 bridgehead atoms. The lowest BCUT2D eigenvalue weighted by Crippen LogP contribution is -2.12. The number of benzene rings is 1. The van der Waals surface area contributed by atoms with Gasteiger partial charge in [0, 0.05) is 0 Å². The van der Waals surface area contributed by atoms with Crippen LogP contribution in [-0.4, -0.2) is 18.9 Å². The van der Waals surface area contributed by atoms with Crippen LogP contribution in [0.4, 0.5) is 0 Å². The van der Waals surface area contributed by atoms with E-state index in [1.807, 2.05) is 18.2 Å². The fraction of sp³-hybridized carbons (Fsp3) is 0.222. The van der Waals surface area contributed by atoms with Gasteiger partial charge in [-0.1, -0.05) is 30.3 Å². The second-order valence-corrected chi connectivity index (χ2v) is 3.89. The van der Waals surface area contributed by atoms with Gasteiger partial charge in [-0.15, -0.1) is 0 Å². The second-order valence-electron chi connectivity index (χ2n) is 2.87. The minimum Gasteiger partial charge on any atom is -0.325 e. The highest BCUT2D eigenvalue weighted by Crippen LogP contribution is 2.04. The average Bonchev–Trinajstić information content (AvgIpc) is 2.14. The monoisotopic (exact) mass is 230 g/mol. The third-order valence-corrected chi connectivity index (χ3v) is 2.06. The van der Waals surface area contributed by atoms with Crippen LogP contribution >= 0.6 is 0 Å². The molecule has 1 N–H and O–H groups in total. The van der Waals surface area contributed by atoms with Crippen molar-refractivity contribution in [2.24, 2.45) is 0 Å². The van der Waals surface area contributed by atoms with Gasteiger partial charge in [-0.25, -0.2) is 0 Å². The molecule has 0 spiro atoms. The largest absolute Gasteiger partial charge is 0.448 e. The molecule has 0 aliphatic rings. The summed E-state index contributed by atoms with van der Waals surface area (Å²) in [6, 6.07) is 9.06. The van der Waals surface area contributed by atoms with E-state index in [1.54, 1.807) is 12.1 Å². The molecule has 0 amide bonds. The predicted molar refractivity (Wildman–Crippen MR) is 52.4 cm³/mol. The highest BCUT2D eigenvalue weighted by molar-refractivity contribution is 7.81. The molecule has 0 saturated carbocycles. The van der Waals surface area contributed by atoms with Crippen LogP contribution in [0.15, 0.2) is 30.3 Å². The summed E-state index contributed by atoms with van der Waals surface area (Å²) in [5.41, 5.74) is 0.893. The van der Waals surface area contributed by atoms with Crippen LogP contribution in [0.1, 0.15) is 12.0 Å². The van der Waals surface area contributed by atoms with Crippen molar-refractivity contribution in [3.63, 3.8) is 0 Å². The summed E-state index contributed by atoms with van der Waals surface area (Å²) < 4.78 is 32.3. The zero-order valence-electron chi connectivity index (χ0n) is 7.79. The number of aryl methyl sites for hydroxylation is 1. The molecule has 0 saturated heterocycles. The molecule has 0 aliphatic carbocycles. The summed E-state index contributed by atoms with van der Waals surface area (Å²) >= 11 is 0. The molecular weight excluding hydrogens is 220 g/mol. The molecule has 0 aliphatic heterocycles. The first-order valence-electron chi connectivity index (χ1n) is 4.21. The lowest BCUT2D eigenvalue weighted by atomic mass is 10.1. The van der Waals surface area contributed by atoms with Crippen molar-refractivity contribution in [3.05, 3.63) is 35.9 Å². The molecule has 0 heterocycles. The standard InChI is InChI=1S/C9H10O5S/c10-9(14-15(11,12)13)7-6-8-4-2-1-3-5-8/h1-5H,6-7H2,(H,11,12,13). The molecule has 0 aromatic heterocycles. The first-order valence-corrected chi connectivity index (χ1v) is 5.57. The highest BCUT2D eigenvalue weighted by atomic mass is 32.3. The smallest absolute Gasteiger partial charge is 0.325 e. The lowest BCUT2D eigenvalue weighted by molar-refractivity contribution is -0.134. The Morgan fingerprint density at radius 1 is 1.27 bits per heavy atom. The van der Waals surface area contributed by atoms with Crippen LogP contribution in [0.25, 0.3) is 0 Å². The molecule has 1 aromatic rings. The van der Waals surface area contributed by atoms with Crippen LogP contribution in [0.3, 0.4) is 0 Å². The van der Waals surface area contributed by atoms with Crippen molar-refractivity contribution < 1.29 is 21.9 Å². The van der Waals surface area contributed by atoms with Crippen molar-refractivity contribution in [2.75, 3.05) is 0 Å². The zero-order valence-corrected chi connectivity index (χ0v) is 8.61. The van der Waals surface area contributed by atoms with Gasteiger partial charge in [0.05, 0.1) is 6.42 Å². The van der Waals surface area contributed by atoms with E-state index < -0.39 is 16.4 Å². The van der Waals surface area contributed by atoms with Crippen LogP contribution in [0.2, 0.25) is 0 Å². The Balaban J connectivity index is 2.42. The Kier molecular flexibility index (Phi) is 3.81. The minimum absolute atomic E-state index is 0.0934. The third-order valence-electron chi connectivity index (χ3n) is 1.66. The Bertz CT molecular complexity index is 423. The first kappa shape index (κ1) is 11.7. The molecule has 15 heavy (non-hydrogen) atoms. The summed E-state index contributed by atoms with van der Waals surface area (Å²) in [4.78, 5) is 10.9. The van der Waals surface area contributed by atoms with E-state index >= 15 is 0 Å². The normalized spacial score (nSPS) is 11.0. The number of carbonyl (C=O) groups is 1. The average molecular weight is 230 g/mol. The summed E-state index contributed by atoms with van der Waals surface area (Å²) in [5, 5.41) is 0. The fourth-order valence-corrected chi connectivity index (χ4v) is 1.37. The van der Waals surface area contributed by atoms with Crippen LogP contribution in [-0.2, 0) is 25.8 Å². The van der Waals surface area contributed by atoms with E-state index in [0.29, 0.717) is 6.42 Å². The summed E-state index contributed by atoms with van der Waals surface area (Å²) in [6.45, 7) is 0. The number of carbonyl (C=O) groups excluding carboxylic acids is 1. The summed E-state index contributed by atoms with van der Waals surface area (Å²) in [7, 11) is -4.68. The van der Waals surface area contributed by atoms with Crippen LogP contribution < -0.4 is 0 Å². The van der Waals surface area contributed by atoms with Crippen LogP contribution in [0.5, 0.6) is 0 Å². The van der Waals surface area contributed by atoms with Crippen molar-refractivity contribution >= 4 is 16.4 Å². The Labute approximate surface area is 87.6 Å². The zero-order chi connectivity index (χ0) is 11.3. The van der Waals surface area contributed by atoms with E-state index in [0.717, 1.165) is 5.56 Å². The summed E-state index contributed by atoms with van der Waals surface area (Å²) in [5.74, 6) is -0.971. The van der Waals surface area contributed by atoms with Crippen LogP contribution in [0, 0.1) is 0 Å². The van der Waals surface area contributed by atoms with Gasteiger partial charge in [-0.05, 0) is 12.0 Å². The van der Waals surface area contributed by atoms with E-state index in [2.05, 4.69) is 4.18 Å². The molecule has 1 rings (SSSR count). The quantitative estimate of drug-likeness (QED) is 0.779. The summed E-state index contributed by atoms with van der Waals surface area (Å²) in [6.07, 6.45) is 0.277. The lowest BCUT2D eigenvalue weighted by Gasteiger charge is -2.00. The molecule has 82 valence electrons. The fourth-order valence-electron chi connectivity index (χ4n) is 1.05. The number of hydrogen-bond donors (Lipinski definition) is 1. The van der Waals surface area contributed by atoms with Crippen molar-refractivity contribution in [3.8, 4) is 0 Å². The van der Waals surface area contributed by atoms with Gasteiger partial charge in [0.25, 0.3) is 0 Å². The van der Waals surface area contributed by atoms with Gasteiger partial charge in [-0.2, -0.15) is 8.42 Å². The van der Waals surface area contributed by atoms with Crippen molar-refractivity contribution in [1.82, 2.24) is 0 Å². The number of hydrogen-bond acceptors (Lipinski definition) is 4. The SMILES string of the molecule is O=C(CCc1ccccc1)OS(=O)(=O)O. The van der Waals surface area contributed by atoms with E-state index in [4.69, 9.17) is 4.55 Å². The number of rotatable bonds is 4. The van der Waals surface area contributed by atoms with Gasteiger partial charge < -0.3 is 4.18 Å². The molecule has 0 fully saturated rings.